The van der Waals surface area contributed by atoms with Crippen LogP contribution in [0.25, 0.3) is 0 Å². The molecule has 7 nitrogen and oxygen atoms in total. The molecule has 36 heavy (non-hydrogen) atoms. The number of carbonyl (C=O) groups excluding carboxylic acids is 1. The van der Waals surface area contributed by atoms with E-state index < -0.39 is 32.5 Å². The summed E-state index contributed by atoms with van der Waals surface area (Å²) < 4.78 is 61.1. The third-order valence-electron chi connectivity index (χ3n) is 5.29. The predicted molar refractivity (Wildman–Crippen MR) is 131 cm³/mol. The van der Waals surface area contributed by atoms with Gasteiger partial charge in [0.05, 0.1) is 18.0 Å². The van der Waals surface area contributed by atoms with Gasteiger partial charge in [-0.1, -0.05) is 18.2 Å². The molecule has 4 rings (SSSR count). The third kappa shape index (κ3) is 6.76. The number of nitrogens with zero attached hydrogens (tertiary/aromatic N) is 2. The Morgan fingerprint density at radius 1 is 1.06 bits per heavy atom. The van der Waals surface area contributed by atoms with Crippen LogP contribution in [0, 0.1) is 11.6 Å². The van der Waals surface area contributed by atoms with Crippen molar-refractivity contribution in [3.63, 3.8) is 0 Å². The van der Waals surface area contributed by atoms with Gasteiger partial charge < -0.3 is 4.74 Å². The van der Waals surface area contributed by atoms with Crippen molar-refractivity contribution in [1.82, 2.24) is 14.5 Å². The van der Waals surface area contributed by atoms with E-state index >= 15 is 0 Å². The first-order chi connectivity index (χ1) is 17.3. The van der Waals surface area contributed by atoms with Crippen LogP contribution in [0.2, 0.25) is 0 Å². The van der Waals surface area contributed by atoms with Crippen molar-refractivity contribution in [1.29, 1.82) is 0 Å². The number of sulfonamides is 1. The van der Waals surface area contributed by atoms with Crippen molar-refractivity contribution in [2.45, 2.75) is 30.7 Å². The lowest BCUT2D eigenvalue weighted by Crippen LogP contribution is -2.30. The van der Waals surface area contributed by atoms with Crippen LogP contribution < -0.4 is 9.46 Å². The Morgan fingerprint density at radius 2 is 1.92 bits per heavy atom. The fraction of sp³-hybridized carbons (Fsp3) is 0.200. The molecule has 2 heterocycles. The summed E-state index contributed by atoms with van der Waals surface area (Å²) in [5.74, 6) is -2.66. The number of rotatable bonds is 11. The normalized spacial score (nSPS) is 11.4. The van der Waals surface area contributed by atoms with Crippen molar-refractivity contribution in [2.24, 2.45) is 0 Å². The van der Waals surface area contributed by atoms with Crippen molar-refractivity contribution in [3.05, 3.63) is 100 Å². The number of halogens is 2. The van der Waals surface area contributed by atoms with Crippen LogP contribution in [0.15, 0.2) is 77.3 Å². The average molecular weight is 532 g/mol. The Bertz CT molecular complexity index is 1420. The smallest absolute Gasteiger partial charge is 0.264 e. The van der Waals surface area contributed by atoms with E-state index in [2.05, 4.69) is 5.10 Å². The summed E-state index contributed by atoms with van der Waals surface area (Å²) in [6, 6.07) is 13.6. The van der Waals surface area contributed by atoms with Gasteiger partial charge in [0.2, 0.25) is 5.91 Å². The topological polar surface area (TPSA) is 90.3 Å². The largest absolute Gasteiger partial charge is 0.493 e. The van der Waals surface area contributed by atoms with E-state index in [1.807, 2.05) is 52.7 Å². The first-order valence-electron chi connectivity index (χ1n) is 11.1. The van der Waals surface area contributed by atoms with Crippen LogP contribution in [0.3, 0.4) is 0 Å². The molecule has 0 atom stereocenters. The number of benzene rings is 2. The molecule has 0 saturated carbocycles. The number of aryl methyl sites for hydroxylation is 1. The molecule has 0 bridgehead atoms. The number of carbonyl (C=O) groups is 1. The summed E-state index contributed by atoms with van der Waals surface area (Å²) >= 11 is 1.64. The summed E-state index contributed by atoms with van der Waals surface area (Å²) in [6.45, 7) is 0.983. The Kier molecular flexibility index (Phi) is 8.11. The lowest BCUT2D eigenvalue weighted by molar-refractivity contribution is -0.119. The van der Waals surface area contributed by atoms with Crippen LogP contribution >= 0.6 is 11.3 Å². The second-order valence-electron chi connectivity index (χ2n) is 7.93. The minimum Gasteiger partial charge on any atom is -0.493 e. The Morgan fingerprint density at radius 3 is 2.64 bits per heavy atom. The minimum atomic E-state index is -4.33. The Labute approximate surface area is 211 Å². The summed E-state index contributed by atoms with van der Waals surface area (Å²) in [5, 5.41) is 6.21. The number of amides is 1. The fourth-order valence-electron chi connectivity index (χ4n) is 3.49. The molecule has 0 aliphatic heterocycles. The molecule has 1 amide bonds. The van der Waals surface area contributed by atoms with Gasteiger partial charge in [-0.25, -0.2) is 21.9 Å². The number of hydrogen-bond donors (Lipinski definition) is 1. The molecule has 0 spiro atoms. The molecule has 0 fully saturated rings. The highest BCUT2D eigenvalue weighted by atomic mass is 32.2. The number of aromatic nitrogens is 2. The van der Waals surface area contributed by atoms with Crippen molar-refractivity contribution < 1.29 is 26.7 Å². The van der Waals surface area contributed by atoms with E-state index in [1.165, 1.54) is 4.88 Å². The van der Waals surface area contributed by atoms with Gasteiger partial charge in [-0.3, -0.25) is 9.48 Å². The van der Waals surface area contributed by atoms with Gasteiger partial charge >= 0.3 is 0 Å². The first kappa shape index (κ1) is 25.5. The van der Waals surface area contributed by atoms with E-state index in [1.54, 1.807) is 22.2 Å². The average Bonchev–Trinajstić information content (AvgIpc) is 3.54. The summed E-state index contributed by atoms with van der Waals surface area (Å²) in [4.78, 5) is 13.1. The van der Waals surface area contributed by atoms with Crippen LogP contribution in [0.4, 0.5) is 8.78 Å². The molecule has 188 valence electrons. The minimum absolute atomic E-state index is 0.150. The molecule has 1 N–H and O–H groups in total. The quantitative estimate of drug-likeness (QED) is 0.311. The number of hydrogen-bond acceptors (Lipinski definition) is 6. The molecule has 0 saturated heterocycles. The second kappa shape index (κ2) is 11.4. The van der Waals surface area contributed by atoms with Gasteiger partial charge in [-0.15, -0.1) is 11.3 Å². The van der Waals surface area contributed by atoms with Crippen molar-refractivity contribution in [2.75, 3.05) is 6.61 Å². The molecule has 0 unspecified atom stereocenters. The highest BCUT2D eigenvalue weighted by molar-refractivity contribution is 7.90. The van der Waals surface area contributed by atoms with Gasteiger partial charge in [0.1, 0.15) is 5.75 Å². The maximum absolute atomic E-state index is 13.4. The van der Waals surface area contributed by atoms with Gasteiger partial charge in [-0.2, -0.15) is 5.10 Å². The van der Waals surface area contributed by atoms with Gasteiger partial charge in [-0.05, 0) is 59.3 Å². The standard InChI is InChI=1S/C25H23F2N3O4S2/c26-22-8-7-21(16-23(22)27)36(32,33)29-25(31)9-6-19-5-4-18(17-30-12-2-11-28-30)15-24(19)34-13-10-20-3-1-14-35-20/h1-5,7-8,11-12,14-16H,6,9-10,13,17H2,(H,29,31). The summed E-state index contributed by atoms with van der Waals surface area (Å²) in [6.07, 6.45) is 4.34. The molecule has 0 aliphatic rings. The van der Waals surface area contributed by atoms with Crippen LogP contribution in [0.1, 0.15) is 22.4 Å². The molecular formula is C25H23F2N3O4S2. The molecule has 11 heteroatoms. The summed E-state index contributed by atoms with van der Waals surface area (Å²) in [5.41, 5.74) is 1.70. The maximum Gasteiger partial charge on any atom is 0.264 e. The fourth-order valence-corrected chi connectivity index (χ4v) is 5.20. The van der Waals surface area contributed by atoms with E-state index in [0.29, 0.717) is 31.0 Å². The van der Waals surface area contributed by atoms with E-state index in [9.17, 15) is 22.0 Å². The van der Waals surface area contributed by atoms with Crippen molar-refractivity contribution >= 4 is 27.3 Å². The summed E-state index contributed by atoms with van der Waals surface area (Å²) in [7, 11) is -4.33. The molecule has 2 aromatic heterocycles. The molecule has 4 aromatic rings. The van der Waals surface area contributed by atoms with Gasteiger partial charge in [0, 0.05) is 30.1 Å². The van der Waals surface area contributed by atoms with Gasteiger partial charge in [0.25, 0.3) is 10.0 Å². The van der Waals surface area contributed by atoms with E-state index in [4.69, 9.17) is 4.74 Å². The van der Waals surface area contributed by atoms with Crippen LogP contribution in [-0.4, -0.2) is 30.7 Å². The number of ether oxygens (including phenoxy) is 1. The zero-order valence-corrected chi connectivity index (χ0v) is 20.7. The zero-order chi connectivity index (χ0) is 25.5. The lowest BCUT2D eigenvalue weighted by atomic mass is 10.1. The SMILES string of the molecule is O=C(CCc1ccc(Cn2cccn2)cc1OCCc1cccs1)NS(=O)(=O)c1ccc(F)c(F)c1. The maximum atomic E-state index is 13.4. The second-order valence-corrected chi connectivity index (χ2v) is 10.6. The number of thiophene rings is 1. The van der Waals surface area contributed by atoms with Gasteiger partial charge in [0.15, 0.2) is 11.6 Å². The number of nitrogens with one attached hydrogen (secondary N) is 1. The highest BCUT2D eigenvalue weighted by Crippen LogP contribution is 2.24. The predicted octanol–water partition coefficient (Wildman–Crippen LogP) is 4.33. The molecule has 0 radical (unpaired) electrons. The third-order valence-corrected chi connectivity index (χ3v) is 7.60. The Balaban J connectivity index is 1.43. The lowest BCUT2D eigenvalue weighted by Gasteiger charge is -2.14. The zero-order valence-electron chi connectivity index (χ0n) is 19.1. The van der Waals surface area contributed by atoms with Crippen LogP contribution in [0.5, 0.6) is 5.75 Å². The highest BCUT2D eigenvalue weighted by Gasteiger charge is 2.20. The molecular weight excluding hydrogens is 508 g/mol. The first-order valence-corrected chi connectivity index (χ1v) is 13.4. The van der Waals surface area contributed by atoms with E-state index in [-0.39, 0.29) is 12.8 Å². The molecule has 2 aromatic carbocycles. The van der Waals surface area contributed by atoms with E-state index in [0.717, 1.165) is 23.6 Å². The van der Waals surface area contributed by atoms with Crippen LogP contribution in [-0.2, 0) is 34.2 Å². The monoisotopic (exact) mass is 531 g/mol. The molecule has 0 aliphatic carbocycles. The Hall–Kier alpha value is -3.57. The van der Waals surface area contributed by atoms with Crippen molar-refractivity contribution in [3.8, 4) is 5.75 Å².